The Morgan fingerprint density at radius 2 is 2.08 bits per heavy atom. The maximum absolute atomic E-state index is 12.2. The van der Waals surface area contributed by atoms with E-state index < -0.39 is 11.3 Å². The summed E-state index contributed by atoms with van der Waals surface area (Å²) in [6, 6.07) is 3.14. The Hall–Kier alpha value is -1.04. The van der Waals surface area contributed by atoms with Gasteiger partial charge in [0, 0.05) is 22.2 Å². The summed E-state index contributed by atoms with van der Waals surface area (Å²) >= 11 is 2.83. The molecule has 1 aromatic carbocycles. The molecule has 0 amide bonds. The fraction of sp³-hybridized carbons (Fsp3) is 0.143. The Bertz CT molecular complexity index is 343. The Morgan fingerprint density at radius 3 is 2.46 bits per heavy atom. The first-order valence-electron chi connectivity index (χ1n) is 3.24. The summed E-state index contributed by atoms with van der Waals surface area (Å²) in [5, 5.41) is 10.2. The molecule has 1 rings (SSSR count). The summed E-state index contributed by atoms with van der Waals surface area (Å²) < 4.78 is 24.4. The molecule has 13 heavy (non-hydrogen) atoms. The minimum atomic E-state index is -2.63. The SMILES string of the molecule is O=[N+]([O-])c1ccc(C(F)F)c(Br)c1. The lowest BCUT2D eigenvalue weighted by Crippen LogP contribution is -1.91. The molecule has 1 aromatic rings. The van der Waals surface area contributed by atoms with Crippen molar-refractivity contribution in [1.82, 2.24) is 0 Å². The Kier molecular flexibility index (Phi) is 2.92. The van der Waals surface area contributed by atoms with Crippen molar-refractivity contribution in [3.05, 3.63) is 38.3 Å². The predicted octanol–water partition coefficient (Wildman–Crippen LogP) is 3.29. The van der Waals surface area contributed by atoms with E-state index >= 15 is 0 Å². The number of hydrogen-bond acceptors (Lipinski definition) is 2. The topological polar surface area (TPSA) is 43.1 Å². The van der Waals surface area contributed by atoms with E-state index in [4.69, 9.17) is 0 Å². The molecule has 0 N–H and O–H groups in total. The first kappa shape index (κ1) is 10.0. The van der Waals surface area contributed by atoms with Gasteiger partial charge in [-0.05, 0) is 6.07 Å². The summed E-state index contributed by atoms with van der Waals surface area (Å²) in [5.74, 6) is 0. The molecule has 6 heteroatoms. The van der Waals surface area contributed by atoms with Gasteiger partial charge in [0.2, 0.25) is 0 Å². The lowest BCUT2D eigenvalue weighted by atomic mass is 10.2. The van der Waals surface area contributed by atoms with Crippen LogP contribution in [0.2, 0.25) is 0 Å². The fourth-order valence-electron chi connectivity index (χ4n) is 0.807. The van der Waals surface area contributed by atoms with Crippen molar-refractivity contribution in [1.29, 1.82) is 0 Å². The van der Waals surface area contributed by atoms with Crippen LogP contribution in [-0.4, -0.2) is 4.92 Å². The van der Waals surface area contributed by atoms with Crippen LogP contribution >= 0.6 is 15.9 Å². The van der Waals surface area contributed by atoms with Crippen molar-refractivity contribution in [2.24, 2.45) is 0 Å². The highest BCUT2D eigenvalue weighted by Crippen LogP contribution is 2.30. The van der Waals surface area contributed by atoms with Gasteiger partial charge in [-0.1, -0.05) is 15.9 Å². The van der Waals surface area contributed by atoms with Crippen molar-refractivity contribution >= 4 is 21.6 Å². The van der Waals surface area contributed by atoms with Gasteiger partial charge in [-0.2, -0.15) is 0 Å². The van der Waals surface area contributed by atoms with Crippen molar-refractivity contribution in [2.75, 3.05) is 0 Å². The van der Waals surface area contributed by atoms with Crippen LogP contribution in [0.4, 0.5) is 14.5 Å². The van der Waals surface area contributed by atoms with Crippen LogP contribution in [0.15, 0.2) is 22.7 Å². The molecule has 0 bridgehead atoms. The van der Waals surface area contributed by atoms with Gasteiger partial charge in [0.05, 0.1) is 4.92 Å². The van der Waals surface area contributed by atoms with Crippen molar-refractivity contribution in [3.8, 4) is 0 Å². The Morgan fingerprint density at radius 1 is 1.46 bits per heavy atom. The molecule has 0 aliphatic carbocycles. The molecule has 0 atom stereocenters. The van der Waals surface area contributed by atoms with Crippen molar-refractivity contribution in [2.45, 2.75) is 6.43 Å². The Labute approximate surface area is 80.6 Å². The van der Waals surface area contributed by atoms with Crippen LogP contribution in [0.3, 0.4) is 0 Å². The number of halogens is 3. The highest BCUT2D eigenvalue weighted by atomic mass is 79.9. The molecule has 0 heterocycles. The predicted molar refractivity (Wildman–Crippen MR) is 45.8 cm³/mol. The third kappa shape index (κ3) is 2.21. The van der Waals surface area contributed by atoms with Crippen LogP contribution in [0.1, 0.15) is 12.0 Å². The maximum Gasteiger partial charge on any atom is 0.270 e. The Balaban J connectivity index is 3.13. The summed E-state index contributed by atoms with van der Waals surface area (Å²) in [4.78, 5) is 9.59. The van der Waals surface area contributed by atoms with Gasteiger partial charge in [-0.15, -0.1) is 0 Å². The highest BCUT2D eigenvalue weighted by Gasteiger charge is 2.14. The second-order valence-corrected chi connectivity index (χ2v) is 3.12. The first-order valence-corrected chi connectivity index (χ1v) is 4.03. The average molecular weight is 252 g/mol. The molecule has 0 aliphatic rings. The second-order valence-electron chi connectivity index (χ2n) is 2.26. The van der Waals surface area contributed by atoms with E-state index in [1.54, 1.807) is 0 Å². The molecule has 0 spiro atoms. The van der Waals surface area contributed by atoms with Crippen LogP contribution in [0.5, 0.6) is 0 Å². The van der Waals surface area contributed by atoms with Gasteiger partial charge in [-0.3, -0.25) is 10.1 Å². The number of rotatable bonds is 2. The normalized spacial score (nSPS) is 10.5. The zero-order valence-corrected chi connectivity index (χ0v) is 7.79. The molecule has 3 nitrogen and oxygen atoms in total. The quantitative estimate of drug-likeness (QED) is 0.598. The molecular formula is C7H4BrF2NO2. The number of hydrogen-bond donors (Lipinski definition) is 0. The van der Waals surface area contributed by atoms with Crippen LogP contribution in [0.25, 0.3) is 0 Å². The van der Waals surface area contributed by atoms with Crippen LogP contribution in [0, 0.1) is 10.1 Å². The van der Waals surface area contributed by atoms with Gasteiger partial charge in [0.1, 0.15) is 0 Å². The largest absolute Gasteiger partial charge is 0.270 e. The molecule has 0 saturated heterocycles. The third-order valence-corrected chi connectivity index (χ3v) is 2.12. The van der Waals surface area contributed by atoms with Crippen molar-refractivity contribution in [3.63, 3.8) is 0 Å². The molecule has 0 saturated carbocycles. The van der Waals surface area contributed by atoms with Crippen LogP contribution in [-0.2, 0) is 0 Å². The zero-order chi connectivity index (χ0) is 10.0. The summed E-state index contributed by atoms with van der Waals surface area (Å²) in [5.41, 5.74) is -0.457. The zero-order valence-electron chi connectivity index (χ0n) is 6.21. The summed E-state index contributed by atoms with van der Waals surface area (Å²) in [7, 11) is 0. The van der Waals surface area contributed by atoms with E-state index in [1.165, 1.54) is 0 Å². The van der Waals surface area contributed by atoms with E-state index in [9.17, 15) is 18.9 Å². The lowest BCUT2D eigenvalue weighted by molar-refractivity contribution is -0.385. The van der Waals surface area contributed by atoms with E-state index in [0.717, 1.165) is 18.2 Å². The van der Waals surface area contributed by atoms with Crippen molar-refractivity contribution < 1.29 is 13.7 Å². The van der Waals surface area contributed by atoms with Crippen LogP contribution < -0.4 is 0 Å². The van der Waals surface area contributed by atoms with E-state index in [1.807, 2.05) is 0 Å². The molecule has 0 aromatic heterocycles. The monoisotopic (exact) mass is 251 g/mol. The minimum absolute atomic E-state index is 0.0525. The molecule has 0 unspecified atom stereocenters. The highest BCUT2D eigenvalue weighted by molar-refractivity contribution is 9.10. The van der Waals surface area contributed by atoms with Gasteiger partial charge in [-0.25, -0.2) is 8.78 Å². The minimum Gasteiger partial charge on any atom is -0.258 e. The standard InChI is InChI=1S/C7H4BrF2NO2/c8-6-3-4(11(12)13)1-2-5(6)7(9)10/h1-3,7H. The number of nitro groups is 1. The molecule has 0 fully saturated rings. The van der Waals surface area contributed by atoms with E-state index in [2.05, 4.69) is 15.9 Å². The first-order chi connectivity index (χ1) is 6.02. The number of benzene rings is 1. The number of non-ortho nitro benzene ring substituents is 1. The smallest absolute Gasteiger partial charge is 0.258 e. The maximum atomic E-state index is 12.2. The molecule has 0 radical (unpaired) electrons. The second kappa shape index (κ2) is 3.78. The fourth-order valence-corrected chi connectivity index (χ4v) is 1.35. The van der Waals surface area contributed by atoms with E-state index in [0.29, 0.717) is 0 Å². The van der Waals surface area contributed by atoms with Gasteiger partial charge < -0.3 is 0 Å². The summed E-state index contributed by atoms with van der Waals surface area (Å²) in [6.45, 7) is 0. The average Bonchev–Trinajstić information content (AvgIpc) is 2.03. The van der Waals surface area contributed by atoms with Gasteiger partial charge >= 0.3 is 0 Å². The third-order valence-electron chi connectivity index (χ3n) is 1.43. The van der Waals surface area contributed by atoms with Gasteiger partial charge in [0.25, 0.3) is 12.1 Å². The molecular weight excluding hydrogens is 248 g/mol. The summed E-state index contributed by atoms with van der Waals surface area (Å²) in [6.07, 6.45) is -2.63. The number of alkyl halides is 2. The number of nitrogens with zero attached hydrogens (tertiary/aromatic N) is 1. The lowest BCUT2D eigenvalue weighted by Gasteiger charge is -2.01. The van der Waals surface area contributed by atoms with Gasteiger partial charge in [0.15, 0.2) is 0 Å². The number of nitro benzene ring substituents is 1. The van der Waals surface area contributed by atoms with E-state index in [-0.39, 0.29) is 15.7 Å². The molecule has 0 aliphatic heterocycles. The molecule has 70 valence electrons.